The summed E-state index contributed by atoms with van der Waals surface area (Å²) in [7, 11) is 1.51. The predicted molar refractivity (Wildman–Crippen MR) is 119 cm³/mol. The summed E-state index contributed by atoms with van der Waals surface area (Å²) in [5, 5.41) is 2.96. The summed E-state index contributed by atoms with van der Waals surface area (Å²) < 4.78 is 13.1. The average molecular weight is 410 g/mol. The number of methoxy groups -OCH3 is 1. The van der Waals surface area contributed by atoms with Gasteiger partial charge in [0.05, 0.1) is 23.7 Å². The summed E-state index contributed by atoms with van der Waals surface area (Å²) in [6.45, 7) is 7.65. The number of imidazole rings is 1. The molecule has 1 aromatic heterocycles. The smallest absolute Gasteiger partial charge is 0.246 e. The lowest BCUT2D eigenvalue weighted by molar-refractivity contribution is -0.125. The van der Waals surface area contributed by atoms with E-state index < -0.39 is 0 Å². The van der Waals surface area contributed by atoms with E-state index in [-0.39, 0.29) is 18.6 Å². The zero-order valence-electron chi connectivity index (χ0n) is 18.3. The lowest BCUT2D eigenvalue weighted by Crippen LogP contribution is -2.31. The minimum absolute atomic E-state index is 0.0420. The number of aromatic nitrogens is 2. The summed E-state index contributed by atoms with van der Waals surface area (Å²) in [6, 6.07) is 14.1. The summed E-state index contributed by atoms with van der Waals surface area (Å²) >= 11 is 0. The van der Waals surface area contributed by atoms with Crippen LogP contribution < -0.4 is 10.1 Å². The number of fused-ring (bicyclic) bond motifs is 1. The Morgan fingerprint density at radius 2 is 1.87 bits per heavy atom. The zero-order valence-corrected chi connectivity index (χ0v) is 18.3. The largest absolute Gasteiger partial charge is 0.494 e. The van der Waals surface area contributed by atoms with Crippen LogP contribution in [0.25, 0.3) is 11.0 Å². The van der Waals surface area contributed by atoms with E-state index in [1.807, 2.05) is 25.1 Å². The van der Waals surface area contributed by atoms with Crippen LogP contribution in [0.1, 0.15) is 42.8 Å². The van der Waals surface area contributed by atoms with Crippen LogP contribution in [0.3, 0.4) is 0 Å². The summed E-state index contributed by atoms with van der Waals surface area (Å²) in [6.07, 6.45) is 1.89. The van der Waals surface area contributed by atoms with Crippen LogP contribution in [0, 0.1) is 13.8 Å². The molecule has 2 aromatic carbocycles. The predicted octanol–water partition coefficient (Wildman–Crippen LogP) is 4.34. The molecular weight excluding hydrogens is 378 g/mol. The van der Waals surface area contributed by atoms with E-state index in [9.17, 15) is 4.79 Å². The summed E-state index contributed by atoms with van der Waals surface area (Å²) in [5.74, 6) is 1.64. The van der Waals surface area contributed by atoms with Crippen molar-refractivity contribution in [1.82, 2.24) is 14.9 Å². The fourth-order valence-corrected chi connectivity index (χ4v) is 3.72. The number of unbranched alkanes of at least 4 members (excludes halogenated alkanes) is 1. The van der Waals surface area contributed by atoms with Crippen molar-refractivity contribution in [1.29, 1.82) is 0 Å². The van der Waals surface area contributed by atoms with Gasteiger partial charge in [-0.15, -0.1) is 0 Å². The number of para-hydroxylation sites is 2. The molecular formula is C24H31N3O3. The molecule has 30 heavy (non-hydrogen) atoms. The van der Waals surface area contributed by atoms with Crippen LogP contribution >= 0.6 is 0 Å². The quantitative estimate of drug-likeness (QED) is 0.506. The van der Waals surface area contributed by atoms with Crippen molar-refractivity contribution in [2.24, 2.45) is 0 Å². The lowest BCUT2D eigenvalue weighted by atomic mass is 10.1. The SMILES string of the molecule is COCC(=O)NC(C)c1nc2ccccc2n1CCCCOc1cc(C)cc(C)c1. The van der Waals surface area contributed by atoms with Gasteiger partial charge in [-0.2, -0.15) is 0 Å². The Balaban J connectivity index is 1.63. The van der Waals surface area contributed by atoms with Gasteiger partial charge >= 0.3 is 0 Å². The number of rotatable bonds is 10. The molecule has 1 unspecified atom stereocenters. The number of carbonyl (C=O) groups excluding carboxylic acids is 1. The zero-order chi connectivity index (χ0) is 21.5. The Morgan fingerprint density at radius 3 is 2.60 bits per heavy atom. The van der Waals surface area contributed by atoms with E-state index in [1.54, 1.807) is 0 Å². The second-order valence-electron chi connectivity index (χ2n) is 7.71. The number of aryl methyl sites for hydroxylation is 3. The first-order valence-electron chi connectivity index (χ1n) is 10.4. The summed E-state index contributed by atoms with van der Waals surface area (Å²) in [4.78, 5) is 16.7. The highest BCUT2D eigenvalue weighted by Crippen LogP contribution is 2.22. The number of nitrogens with one attached hydrogen (secondary N) is 1. The Bertz CT molecular complexity index is 976. The van der Waals surface area contributed by atoms with E-state index in [1.165, 1.54) is 18.2 Å². The van der Waals surface area contributed by atoms with Crippen LogP contribution in [0.15, 0.2) is 42.5 Å². The molecule has 1 N–H and O–H groups in total. The maximum atomic E-state index is 11.9. The molecule has 0 aliphatic rings. The number of amides is 1. The Morgan fingerprint density at radius 1 is 1.13 bits per heavy atom. The van der Waals surface area contributed by atoms with Crippen molar-refractivity contribution in [3.8, 4) is 5.75 Å². The van der Waals surface area contributed by atoms with Gasteiger partial charge in [-0.1, -0.05) is 18.2 Å². The molecule has 0 aliphatic carbocycles. The van der Waals surface area contributed by atoms with Gasteiger partial charge in [-0.3, -0.25) is 4.79 Å². The third-order valence-corrected chi connectivity index (χ3v) is 4.96. The number of carbonyl (C=O) groups is 1. The molecule has 3 aromatic rings. The standard InChI is InChI=1S/C24H31N3O3/c1-17-13-18(2)15-20(14-17)30-12-8-7-11-27-22-10-6-5-9-21(22)26-24(27)19(3)25-23(28)16-29-4/h5-6,9-10,13-15,19H,7-8,11-12,16H2,1-4H3,(H,25,28). The molecule has 3 rings (SSSR count). The van der Waals surface area contributed by atoms with Gasteiger partial charge in [-0.25, -0.2) is 4.98 Å². The highest BCUT2D eigenvalue weighted by molar-refractivity contribution is 5.78. The highest BCUT2D eigenvalue weighted by atomic mass is 16.5. The van der Waals surface area contributed by atoms with Crippen molar-refractivity contribution in [3.05, 3.63) is 59.4 Å². The minimum atomic E-state index is -0.202. The molecule has 0 bridgehead atoms. The number of ether oxygens (including phenoxy) is 2. The van der Waals surface area contributed by atoms with E-state index in [2.05, 4.69) is 48.0 Å². The number of hydrogen-bond acceptors (Lipinski definition) is 4. The first kappa shape index (κ1) is 21.8. The minimum Gasteiger partial charge on any atom is -0.494 e. The first-order chi connectivity index (χ1) is 14.5. The van der Waals surface area contributed by atoms with E-state index in [0.717, 1.165) is 42.0 Å². The maximum Gasteiger partial charge on any atom is 0.246 e. The van der Waals surface area contributed by atoms with Gasteiger partial charge in [0.2, 0.25) is 5.91 Å². The van der Waals surface area contributed by atoms with Gasteiger partial charge in [-0.05, 0) is 69.0 Å². The Hall–Kier alpha value is -2.86. The van der Waals surface area contributed by atoms with Crippen LogP contribution in [0.2, 0.25) is 0 Å². The molecule has 0 saturated carbocycles. The molecule has 1 amide bonds. The van der Waals surface area contributed by atoms with Gasteiger partial charge < -0.3 is 19.4 Å². The van der Waals surface area contributed by atoms with Gasteiger partial charge in [0.15, 0.2) is 0 Å². The van der Waals surface area contributed by atoms with E-state index >= 15 is 0 Å². The molecule has 6 heteroatoms. The molecule has 0 radical (unpaired) electrons. The number of benzene rings is 2. The molecule has 0 fully saturated rings. The molecule has 1 atom stereocenters. The molecule has 0 aliphatic heterocycles. The Labute approximate surface area is 178 Å². The van der Waals surface area contributed by atoms with Crippen molar-refractivity contribution in [3.63, 3.8) is 0 Å². The van der Waals surface area contributed by atoms with E-state index in [0.29, 0.717) is 6.61 Å². The lowest BCUT2D eigenvalue weighted by Gasteiger charge is -2.16. The van der Waals surface area contributed by atoms with Gasteiger partial charge in [0.25, 0.3) is 0 Å². The summed E-state index contributed by atoms with van der Waals surface area (Å²) in [5.41, 5.74) is 4.44. The second kappa shape index (κ2) is 10.3. The average Bonchev–Trinajstić information content (AvgIpc) is 3.06. The fraction of sp³-hybridized carbons (Fsp3) is 0.417. The third-order valence-electron chi connectivity index (χ3n) is 4.96. The molecule has 0 saturated heterocycles. The molecule has 1 heterocycles. The number of hydrogen-bond donors (Lipinski definition) is 1. The molecule has 160 valence electrons. The molecule has 6 nitrogen and oxygen atoms in total. The van der Waals surface area contributed by atoms with Crippen molar-refractivity contribution in [2.45, 2.75) is 46.2 Å². The Kier molecular flexibility index (Phi) is 7.46. The van der Waals surface area contributed by atoms with Crippen LogP contribution in [-0.2, 0) is 16.1 Å². The monoisotopic (exact) mass is 409 g/mol. The topological polar surface area (TPSA) is 65.4 Å². The van der Waals surface area contributed by atoms with Crippen LogP contribution in [0.5, 0.6) is 5.75 Å². The molecule has 0 spiro atoms. The second-order valence-corrected chi connectivity index (χ2v) is 7.71. The van der Waals surface area contributed by atoms with Crippen molar-refractivity contribution in [2.75, 3.05) is 20.3 Å². The third kappa shape index (κ3) is 5.60. The van der Waals surface area contributed by atoms with Crippen molar-refractivity contribution < 1.29 is 14.3 Å². The van der Waals surface area contributed by atoms with Crippen molar-refractivity contribution >= 4 is 16.9 Å². The van der Waals surface area contributed by atoms with Gasteiger partial charge in [0.1, 0.15) is 18.2 Å². The first-order valence-corrected chi connectivity index (χ1v) is 10.4. The fourth-order valence-electron chi connectivity index (χ4n) is 3.72. The number of nitrogens with zero attached hydrogens (tertiary/aromatic N) is 2. The van der Waals surface area contributed by atoms with Gasteiger partial charge in [0, 0.05) is 13.7 Å². The van der Waals surface area contributed by atoms with Crippen LogP contribution in [0.4, 0.5) is 0 Å². The van der Waals surface area contributed by atoms with Crippen LogP contribution in [-0.4, -0.2) is 35.8 Å². The highest BCUT2D eigenvalue weighted by Gasteiger charge is 2.18. The normalized spacial score (nSPS) is 12.1. The van der Waals surface area contributed by atoms with E-state index in [4.69, 9.17) is 14.5 Å². The maximum absolute atomic E-state index is 11.9.